The van der Waals surface area contributed by atoms with Gasteiger partial charge in [0.2, 0.25) is 5.91 Å². The quantitative estimate of drug-likeness (QED) is 0.751. The van der Waals surface area contributed by atoms with E-state index < -0.39 is 0 Å². The molecule has 1 aromatic rings. The molecule has 0 saturated carbocycles. The number of hydrogen-bond donors (Lipinski definition) is 1. The number of nitrogens with zero attached hydrogens (tertiary/aromatic N) is 1. The molecule has 0 aliphatic carbocycles. The average Bonchev–Trinajstić information content (AvgIpc) is 2.49. The molecular formula is C12H16N2O. The Bertz CT molecular complexity index is 401. The van der Waals surface area contributed by atoms with Crippen LogP contribution in [0.2, 0.25) is 0 Å². The van der Waals surface area contributed by atoms with Gasteiger partial charge in [-0.25, -0.2) is 0 Å². The topological polar surface area (TPSA) is 46.3 Å². The van der Waals surface area contributed by atoms with E-state index in [2.05, 4.69) is 6.07 Å². The molecule has 2 N–H and O–H groups in total. The SMILES string of the molecule is Cc1ccc(N2CCC(N)C2=O)c(C)c1. The van der Waals surface area contributed by atoms with Gasteiger partial charge in [-0.3, -0.25) is 4.79 Å². The van der Waals surface area contributed by atoms with E-state index in [0.717, 1.165) is 24.2 Å². The lowest BCUT2D eigenvalue weighted by molar-refractivity contribution is -0.118. The standard InChI is InChI=1S/C12H16N2O/c1-8-3-4-11(9(2)7-8)14-6-5-10(13)12(14)15/h3-4,7,10H,5-6,13H2,1-2H3. The van der Waals surface area contributed by atoms with Gasteiger partial charge >= 0.3 is 0 Å². The Balaban J connectivity index is 2.34. The van der Waals surface area contributed by atoms with Crippen LogP contribution in [0.1, 0.15) is 17.5 Å². The minimum absolute atomic E-state index is 0.0435. The van der Waals surface area contributed by atoms with E-state index in [1.165, 1.54) is 5.56 Å². The molecular weight excluding hydrogens is 188 g/mol. The number of hydrogen-bond acceptors (Lipinski definition) is 2. The molecule has 1 atom stereocenters. The van der Waals surface area contributed by atoms with Gasteiger partial charge in [0, 0.05) is 12.2 Å². The van der Waals surface area contributed by atoms with Crippen molar-refractivity contribution in [1.82, 2.24) is 0 Å². The summed E-state index contributed by atoms with van der Waals surface area (Å²) >= 11 is 0. The highest BCUT2D eigenvalue weighted by atomic mass is 16.2. The van der Waals surface area contributed by atoms with Crippen molar-refractivity contribution in [3.63, 3.8) is 0 Å². The number of amides is 1. The van der Waals surface area contributed by atoms with Crippen LogP contribution in [0.5, 0.6) is 0 Å². The number of rotatable bonds is 1. The first-order valence-electron chi connectivity index (χ1n) is 5.24. The Morgan fingerprint density at radius 2 is 2.13 bits per heavy atom. The Morgan fingerprint density at radius 3 is 2.67 bits per heavy atom. The molecule has 0 bridgehead atoms. The summed E-state index contributed by atoms with van der Waals surface area (Å²) in [6, 6.07) is 5.80. The lowest BCUT2D eigenvalue weighted by atomic mass is 10.1. The van der Waals surface area contributed by atoms with Gasteiger partial charge in [-0.05, 0) is 31.9 Å². The van der Waals surface area contributed by atoms with Crippen LogP contribution < -0.4 is 10.6 Å². The molecule has 1 amide bonds. The summed E-state index contributed by atoms with van der Waals surface area (Å²) < 4.78 is 0. The minimum Gasteiger partial charge on any atom is -0.320 e. The molecule has 1 heterocycles. The molecule has 15 heavy (non-hydrogen) atoms. The van der Waals surface area contributed by atoms with Gasteiger partial charge in [-0.15, -0.1) is 0 Å². The van der Waals surface area contributed by atoms with Crippen LogP contribution in [0.25, 0.3) is 0 Å². The van der Waals surface area contributed by atoms with Crippen LogP contribution in [0.15, 0.2) is 18.2 Å². The molecule has 1 aromatic carbocycles. The summed E-state index contributed by atoms with van der Waals surface area (Å²) in [6.07, 6.45) is 0.756. The summed E-state index contributed by atoms with van der Waals surface area (Å²) in [6.45, 7) is 4.82. The molecule has 0 aromatic heterocycles. The van der Waals surface area contributed by atoms with Gasteiger partial charge in [0.15, 0.2) is 0 Å². The highest BCUT2D eigenvalue weighted by Gasteiger charge is 2.30. The number of carbonyl (C=O) groups is 1. The van der Waals surface area contributed by atoms with Gasteiger partial charge in [-0.1, -0.05) is 17.7 Å². The summed E-state index contributed by atoms with van der Waals surface area (Å²) in [7, 11) is 0. The lowest BCUT2D eigenvalue weighted by Gasteiger charge is -2.18. The van der Waals surface area contributed by atoms with Crippen LogP contribution in [0.3, 0.4) is 0 Å². The second-order valence-electron chi connectivity index (χ2n) is 4.17. The lowest BCUT2D eigenvalue weighted by Crippen LogP contribution is -2.34. The number of benzene rings is 1. The summed E-state index contributed by atoms with van der Waals surface area (Å²) in [4.78, 5) is 13.5. The van der Waals surface area contributed by atoms with E-state index in [0.29, 0.717) is 0 Å². The van der Waals surface area contributed by atoms with Crippen molar-refractivity contribution >= 4 is 11.6 Å². The van der Waals surface area contributed by atoms with E-state index >= 15 is 0 Å². The van der Waals surface area contributed by atoms with Gasteiger partial charge in [0.05, 0.1) is 6.04 Å². The van der Waals surface area contributed by atoms with Gasteiger partial charge in [-0.2, -0.15) is 0 Å². The summed E-state index contributed by atoms with van der Waals surface area (Å²) in [5, 5.41) is 0. The molecule has 3 heteroatoms. The first-order chi connectivity index (χ1) is 7.09. The maximum Gasteiger partial charge on any atom is 0.243 e. The third-order valence-corrected chi connectivity index (χ3v) is 2.89. The fourth-order valence-electron chi connectivity index (χ4n) is 2.05. The van der Waals surface area contributed by atoms with Crippen molar-refractivity contribution in [2.75, 3.05) is 11.4 Å². The van der Waals surface area contributed by atoms with Crippen LogP contribution >= 0.6 is 0 Å². The van der Waals surface area contributed by atoms with Crippen molar-refractivity contribution < 1.29 is 4.79 Å². The van der Waals surface area contributed by atoms with E-state index in [4.69, 9.17) is 5.73 Å². The molecule has 1 saturated heterocycles. The zero-order chi connectivity index (χ0) is 11.0. The van der Waals surface area contributed by atoms with Gasteiger partial charge in [0.25, 0.3) is 0 Å². The molecule has 3 nitrogen and oxygen atoms in total. The first-order valence-corrected chi connectivity index (χ1v) is 5.24. The van der Waals surface area contributed by atoms with Crippen molar-refractivity contribution in [1.29, 1.82) is 0 Å². The van der Waals surface area contributed by atoms with E-state index in [1.54, 1.807) is 4.90 Å². The van der Waals surface area contributed by atoms with Crippen LogP contribution in [-0.2, 0) is 4.79 Å². The zero-order valence-corrected chi connectivity index (χ0v) is 9.16. The van der Waals surface area contributed by atoms with Crippen molar-refractivity contribution in [3.05, 3.63) is 29.3 Å². The molecule has 1 unspecified atom stereocenters. The molecule has 0 radical (unpaired) electrons. The maximum atomic E-state index is 11.7. The second-order valence-corrected chi connectivity index (χ2v) is 4.17. The Morgan fingerprint density at radius 1 is 1.40 bits per heavy atom. The normalized spacial score (nSPS) is 21.1. The van der Waals surface area contributed by atoms with Crippen LogP contribution in [0, 0.1) is 13.8 Å². The fraction of sp³-hybridized carbons (Fsp3) is 0.417. The number of anilines is 1. The molecule has 1 aliphatic heterocycles. The van der Waals surface area contributed by atoms with Crippen LogP contribution in [0.4, 0.5) is 5.69 Å². The molecule has 80 valence electrons. The van der Waals surface area contributed by atoms with E-state index in [1.807, 2.05) is 26.0 Å². The number of carbonyl (C=O) groups excluding carboxylic acids is 1. The smallest absolute Gasteiger partial charge is 0.243 e. The van der Waals surface area contributed by atoms with Gasteiger partial charge < -0.3 is 10.6 Å². The van der Waals surface area contributed by atoms with E-state index in [-0.39, 0.29) is 11.9 Å². The van der Waals surface area contributed by atoms with Crippen LogP contribution in [-0.4, -0.2) is 18.5 Å². The van der Waals surface area contributed by atoms with Crippen molar-refractivity contribution in [2.24, 2.45) is 5.73 Å². The highest BCUT2D eigenvalue weighted by molar-refractivity contribution is 5.99. The largest absolute Gasteiger partial charge is 0.320 e. The average molecular weight is 204 g/mol. The number of aryl methyl sites for hydroxylation is 2. The highest BCUT2D eigenvalue weighted by Crippen LogP contribution is 2.25. The fourth-order valence-corrected chi connectivity index (χ4v) is 2.05. The first kappa shape index (κ1) is 10.2. The second kappa shape index (κ2) is 3.66. The van der Waals surface area contributed by atoms with E-state index in [9.17, 15) is 4.79 Å². The third-order valence-electron chi connectivity index (χ3n) is 2.89. The predicted octanol–water partition coefficient (Wildman–Crippen LogP) is 1.37. The predicted molar refractivity (Wildman–Crippen MR) is 60.9 cm³/mol. The summed E-state index contributed by atoms with van der Waals surface area (Å²) in [5.41, 5.74) is 9.04. The monoisotopic (exact) mass is 204 g/mol. The van der Waals surface area contributed by atoms with Crippen molar-refractivity contribution in [2.45, 2.75) is 26.3 Å². The Hall–Kier alpha value is -1.35. The minimum atomic E-state index is -0.314. The summed E-state index contributed by atoms with van der Waals surface area (Å²) in [5.74, 6) is 0.0435. The maximum absolute atomic E-state index is 11.7. The number of nitrogens with two attached hydrogens (primary N) is 1. The third kappa shape index (κ3) is 1.75. The zero-order valence-electron chi connectivity index (χ0n) is 9.16. The Labute approximate surface area is 89.9 Å². The van der Waals surface area contributed by atoms with Gasteiger partial charge in [0.1, 0.15) is 0 Å². The molecule has 2 rings (SSSR count). The molecule has 1 fully saturated rings. The molecule has 0 spiro atoms. The van der Waals surface area contributed by atoms with Crippen molar-refractivity contribution in [3.8, 4) is 0 Å². The Kier molecular flexibility index (Phi) is 2.49. The molecule has 1 aliphatic rings.